The lowest BCUT2D eigenvalue weighted by molar-refractivity contribution is 0.306. The van der Waals surface area contributed by atoms with Crippen molar-refractivity contribution < 1.29 is 9.13 Å². The van der Waals surface area contributed by atoms with Gasteiger partial charge in [-0.1, -0.05) is 23.7 Å². The van der Waals surface area contributed by atoms with Crippen molar-refractivity contribution in [2.24, 2.45) is 0 Å². The van der Waals surface area contributed by atoms with E-state index in [0.717, 1.165) is 54.4 Å². The molecule has 0 amide bonds. The van der Waals surface area contributed by atoms with Crippen LogP contribution in [0.1, 0.15) is 16.8 Å². The maximum atomic E-state index is 13.4. The van der Waals surface area contributed by atoms with E-state index in [4.69, 9.17) is 21.3 Å². The van der Waals surface area contributed by atoms with Gasteiger partial charge in [0, 0.05) is 50.0 Å². The maximum absolute atomic E-state index is 13.4. The van der Waals surface area contributed by atoms with Crippen LogP contribution in [0.15, 0.2) is 61.1 Å². The molecule has 2 N–H and O–H groups in total. The molecule has 0 saturated heterocycles. The second kappa shape index (κ2) is 12.2. The molecule has 11 heteroatoms. The van der Waals surface area contributed by atoms with Crippen LogP contribution in [0.3, 0.4) is 0 Å². The van der Waals surface area contributed by atoms with Gasteiger partial charge in [0.25, 0.3) is 0 Å². The molecule has 4 aromatic rings. The van der Waals surface area contributed by atoms with E-state index in [9.17, 15) is 4.39 Å². The predicted octanol–water partition coefficient (Wildman–Crippen LogP) is 4.92. The zero-order valence-corrected chi connectivity index (χ0v) is 22.6. The molecule has 0 saturated carbocycles. The number of rotatable bonds is 10. The monoisotopic (exact) mass is 548 g/mol. The molecule has 0 spiro atoms. The molecular weight excluding hydrogens is 519 g/mol. The van der Waals surface area contributed by atoms with E-state index in [1.165, 1.54) is 12.1 Å². The van der Waals surface area contributed by atoms with Crippen molar-refractivity contribution in [1.29, 1.82) is 0 Å². The van der Waals surface area contributed by atoms with Gasteiger partial charge in [0.1, 0.15) is 36.1 Å². The molecule has 1 aliphatic heterocycles. The number of benzene rings is 2. The number of ether oxygens (including phenoxy) is 1. The van der Waals surface area contributed by atoms with Gasteiger partial charge in [0.05, 0.1) is 10.7 Å². The first-order valence-corrected chi connectivity index (χ1v) is 13.1. The molecule has 202 valence electrons. The maximum Gasteiger partial charge on any atom is 0.224 e. The summed E-state index contributed by atoms with van der Waals surface area (Å²) in [5, 5.41) is 7.11. The Morgan fingerprint density at radius 2 is 2.00 bits per heavy atom. The van der Waals surface area contributed by atoms with Gasteiger partial charge >= 0.3 is 0 Å². The highest BCUT2D eigenvalue weighted by Gasteiger charge is 2.23. The largest absolute Gasteiger partial charge is 0.487 e. The summed E-state index contributed by atoms with van der Waals surface area (Å²) in [6.45, 7) is 3.27. The lowest BCUT2D eigenvalue weighted by Crippen LogP contribution is -2.32. The highest BCUT2D eigenvalue weighted by Crippen LogP contribution is 2.32. The number of anilines is 4. The summed E-state index contributed by atoms with van der Waals surface area (Å²) in [5.41, 5.74) is 3.51. The van der Waals surface area contributed by atoms with E-state index in [2.05, 4.69) is 35.4 Å². The summed E-state index contributed by atoms with van der Waals surface area (Å²) >= 11 is 6.51. The van der Waals surface area contributed by atoms with Crippen LogP contribution in [0.25, 0.3) is 0 Å². The zero-order valence-electron chi connectivity index (χ0n) is 21.9. The average Bonchev–Trinajstić information content (AvgIpc) is 2.93. The zero-order chi connectivity index (χ0) is 27.2. The van der Waals surface area contributed by atoms with Crippen LogP contribution in [-0.2, 0) is 19.6 Å². The first kappa shape index (κ1) is 26.6. The van der Waals surface area contributed by atoms with Crippen LogP contribution in [0.5, 0.6) is 5.75 Å². The fourth-order valence-corrected chi connectivity index (χ4v) is 4.50. The number of hydrogen-bond donors (Lipinski definition) is 2. The number of fused-ring (bicyclic) bond motifs is 1. The lowest BCUT2D eigenvalue weighted by atomic mass is 10.1. The van der Waals surface area contributed by atoms with Gasteiger partial charge < -0.3 is 25.2 Å². The summed E-state index contributed by atoms with van der Waals surface area (Å²) in [6.07, 6.45) is 4.12. The topological polar surface area (TPSA) is 91.3 Å². The fourth-order valence-electron chi connectivity index (χ4n) is 4.27. The van der Waals surface area contributed by atoms with E-state index in [1.807, 2.05) is 26.2 Å². The van der Waals surface area contributed by atoms with Crippen molar-refractivity contribution in [3.8, 4) is 5.75 Å². The third-order valence-electron chi connectivity index (χ3n) is 6.29. The van der Waals surface area contributed by atoms with Crippen molar-refractivity contribution in [1.82, 2.24) is 24.8 Å². The van der Waals surface area contributed by atoms with Crippen LogP contribution in [0, 0.1) is 5.82 Å². The van der Waals surface area contributed by atoms with Gasteiger partial charge in [-0.15, -0.1) is 0 Å². The minimum atomic E-state index is -0.301. The first-order chi connectivity index (χ1) is 18.9. The summed E-state index contributed by atoms with van der Waals surface area (Å²) in [5.74, 6) is 2.39. The minimum absolute atomic E-state index is 0.218. The second-order valence-corrected chi connectivity index (χ2v) is 9.88. The van der Waals surface area contributed by atoms with E-state index >= 15 is 0 Å². The normalized spacial score (nSPS) is 12.8. The molecule has 0 aliphatic carbocycles. The van der Waals surface area contributed by atoms with Crippen molar-refractivity contribution in [3.05, 3.63) is 88.7 Å². The van der Waals surface area contributed by atoms with E-state index in [0.29, 0.717) is 29.1 Å². The van der Waals surface area contributed by atoms with E-state index < -0.39 is 0 Å². The van der Waals surface area contributed by atoms with Crippen molar-refractivity contribution in [2.75, 3.05) is 49.3 Å². The standard InChI is InChI=1S/C28H30ClFN8O/c1-37(2)13-11-32-28-31-10-8-26(36-28)38-12-9-24-22(16-38)27(34-18-33-24)35-21-6-7-25(23(29)15-21)39-17-19-4-3-5-20(30)14-19/h3-8,10,14-15,18H,9,11-13,16-17H2,1-2H3,(H,31,32,36)(H,33,34,35). The molecule has 0 unspecified atom stereocenters. The molecule has 2 aromatic carbocycles. The van der Waals surface area contributed by atoms with Crippen LogP contribution in [0.4, 0.5) is 27.7 Å². The Morgan fingerprint density at radius 3 is 2.82 bits per heavy atom. The highest BCUT2D eigenvalue weighted by atomic mass is 35.5. The molecule has 0 fully saturated rings. The second-order valence-electron chi connectivity index (χ2n) is 9.48. The van der Waals surface area contributed by atoms with Gasteiger partial charge in [0.2, 0.25) is 5.95 Å². The quantitative estimate of drug-likeness (QED) is 0.286. The Hall–Kier alpha value is -4.02. The number of likely N-dealkylation sites (N-methyl/N-ethyl adjacent to an activating group) is 1. The summed E-state index contributed by atoms with van der Waals surface area (Å²) in [6, 6.07) is 13.7. The molecule has 5 rings (SSSR count). The SMILES string of the molecule is CN(C)CCNc1nccc(N2CCc3ncnc(Nc4ccc(OCc5cccc(F)c5)c(Cl)c4)c3C2)n1. The number of aromatic nitrogens is 4. The van der Waals surface area contributed by atoms with Crippen LogP contribution in [0.2, 0.25) is 5.02 Å². The number of halogens is 2. The Kier molecular flexibility index (Phi) is 8.33. The highest BCUT2D eigenvalue weighted by molar-refractivity contribution is 6.32. The molecule has 1 aliphatic rings. The van der Waals surface area contributed by atoms with Gasteiger partial charge in [-0.25, -0.2) is 19.3 Å². The van der Waals surface area contributed by atoms with Crippen LogP contribution in [-0.4, -0.2) is 58.6 Å². The number of nitrogens with one attached hydrogen (secondary N) is 2. The van der Waals surface area contributed by atoms with Gasteiger partial charge in [-0.2, -0.15) is 4.98 Å². The molecule has 0 bridgehead atoms. The van der Waals surface area contributed by atoms with Gasteiger partial charge in [-0.05, 0) is 56.1 Å². The van der Waals surface area contributed by atoms with E-state index in [1.54, 1.807) is 36.8 Å². The lowest BCUT2D eigenvalue weighted by Gasteiger charge is -2.30. The Balaban J connectivity index is 1.27. The smallest absolute Gasteiger partial charge is 0.224 e. The van der Waals surface area contributed by atoms with Gasteiger partial charge in [-0.3, -0.25) is 0 Å². The molecule has 2 aromatic heterocycles. The molecule has 39 heavy (non-hydrogen) atoms. The third-order valence-corrected chi connectivity index (χ3v) is 6.58. The van der Waals surface area contributed by atoms with Crippen molar-refractivity contribution in [3.63, 3.8) is 0 Å². The number of nitrogens with zero attached hydrogens (tertiary/aromatic N) is 6. The van der Waals surface area contributed by atoms with E-state index in [-0.39, 0.29) is 12.4 Å². The summed E-state index contributed by atoms with van der Waals surface area (Å²) < 4.78 is 19.2. The molecular formula is C28H30ClFN8O. The number of hydrogen-bond acceptors (Lipinski definition) is 9. The molecule has 3 heterocycles. The van der Waals surface area contributed by atoms with Crippen LogP contribution < -0.4 is 20.3 Å². The Morgan fingerprint density at radius 1 is 1.10 bits per heavy atom. The average molecular weight is 549 g/mol. The van der Waals surface area contributed by atoms with Crippen LogP contribution >= 0.6 is 11.6 Å². The fraction of sp³-hybridized carbons (Fsp3) is 0.286. The Bertz CT molecular complexity index is 1440. The predicted molar refractivity (Wildman–Crippen MR) is 151 cm³/mol. The summed E-state index contributed by atoms with van der Waals surface area (Å²) in [4.78, 5) is 22.4. The van der Waals surface area contributed by atoms with Crippen molar-refractivity contribution >= 4 is 34.9 Å². The summed E-state index contributed by atoms with van der Waals surface area (Å²) in [7, 11) is 4.06. The molecule has 9 nitrogen and oxygen atoms in total. The minimum Gasteiger partial charge on any atom is -0.487 e. The molecule has 0 atom stereocenters. The third kappa shape index (κ3) is 6.90. The van der Waals surface area contributed by atoms with Gasteiger partial charge in [0.15, 0.2) is 0 Å². The Labute approximate surface area is 232 Å². The first-order valence-electron chi connectivity index (χ1n) is 12.7. The van der Waals surface area contributed by atoms with Crippen molar-refractivity contribution in [2.45, 2.75) is 19.6 Å². The molecule has 0 radical (unpaired) electrons.